The third kappa shape index (κ3) is 2.88. The number of benzene rings is 1. The minimum Gasteiger partial charge on any atom is -0.335 e. The lowest BCUT2D eigenvalue weighted by atomic mass is 10.0. The van der Waals surface area contributed by atoms with Gasteiger partial charge in [-0.15, -0.1) is 0 Å². The van der Waals surface area contributed by atoms with Crippen molar-refractivity contribution in [3.8, 4) is 11.3 Å². The zero-order valence-electron chi connectivity index (χ0n) is 14.0. The van der Waals surface area contributed by atoms with E-state index < -0.39 is 10.8 Å². The largest absolute Gasteiger partial charge is 0.335 e. The van der Waals surface area contributed by atoms with Gasteiger partial charge < -0.3 is 4.90 Å². The maximum Gasteiger partial charge on any atom is 0.276 e. The number of carbonyl (C=O) groups is 1. The summed E-state index contributed by atoms with van der Waals surface area (Å²) in [6.07, 6.45) is 1.59. The summed E-state index contributed by atoms with van der Waals surface area (Å²) in [6.45, 7) is 5.09. The van der Waals surface area contributed by atoms with Crippen molar-refractivity contribution >= 4 is 16.7 Å². The van der Waals surface area contributed by atoms with Crippen LogP contribution in [0.15, 0.2) is 30.3 Å². The summed E-state index contributed by atoms with van der Waals surface area (Å²) in [5, 5.41) is 10.8. The van der Waals surface area contributed by atoms with Crippen molar-refractivity contribution in [1.29, 1.82) is 0 Å². The van der Waals surface area contributed by atoms with Crippen molar-refractivity contribution in [2.24, 2.45) is 0 Å². The zero-order chi connectivity index (χ0) is 17.2. The molecule has 0 radical (unpaired) electrons. The van der Waals surface area contributed by atoms with Crippen LogP contribution in [-0.2, 0) is 10.8 Å². The second-order valence-corrected chi connectivity index (χ2v) is 8.02. The lowest BCUT2D eigenvalue weighted by Gasteiger charge is -2.40. The van der Waals surface area contributed by atoms with Gasteiger partial charge in [0.25, 0.3) is 5.91 Å². The molecule has 0 unspecified atom stereocenters. The predicted octanol–water partition coefficient (Wildman–Crippen LogP) is 2.24. The fraction of sp³-hybridized carbons (Fsp3) is 0.471. The lowest BCUT2D eigenvalue weighted by molar-refractivity contribution is 0.0731. The number of aromatic amines is 1. The highest BCUT2D eigenvalue weighted by molar-refractivity contribution is 7.86. The highest BCUT2D eigenvalue weighted by atomic mass is 32.2. The molecule has 6 nitrogen and oxygen atoms in total. The fourth-order valence-corrected chi connectivity index (χ4v) is 4.97. The summed E-state index contributed by atoms with van der Waals surface area (Å²) >= 11 is 0. The molecule has 1 atom stereocenters. The molecule has 1 fully saturated rings. The zero-order valence-corrected chi connectivity index (χ0v) is 14.8. The molecule has 1 aromatic carbocycles. The van der Waals surface area contributed by atoms with Crippen molar-refractivity contribution in [3.05, 3.63) is 36.0 Å². The van der Waals surface area contributed by atoms with Crippen LogP contribution in [0.3, 0.4) is 0 Å². The second-order valence-electron chi connectivity index (χ2n) is 6.05. The molecule has 1 amide bonds. The molecular weight excluding hydrogens is 324 g/mol. The first-order valence-electron chi connectivity index (χ1n) is 8.25. The maximum absolute atomic E-state index is 13.0. The van der Waals surface area contributed by atoms with Crippen LogP contribution in [0.4, 0.5) is 0 Å². The third-order valence-electron chi connectivity index (χ3n) is 4.88. The van der Waals surface area contributed by atoms with Crippen LogP contribution in [0.1, 0.15) is 37.2 Å². The number of hydrogen-bond donors (Lipinski definition) is 1. The Bertz CT molecular complexity index is 740. The van der Waals surface area contributed by atoms with Crippen molar-refractivity contribution in [3.63, 3.8) is 0 Å². The summed E-state index contributed by atoms with van der Waals surface area (Å²) in [5.41, 5.74) is 1.74. The Morgan fingerprint density at radius 1 is 1.25 bits per heavy atom. The highest BCUT2D eigenvalue weighted by Gasteiger charge is 2.41. The van der Waals surface area contributed by atoms with Crippen molar-refractivity contribution in [2.75, 3.05) is 18.8 Å². The molecule has 1 N–H and O–H groups in total. The Labute approximate surface area is 144 Å². The minimum absolute atomic E-state index is 0.148. The summed E-state index contributed by atoms with van der Waals surface area (Å²) in [6, 6.07) is 9.54. The van der Waals surface area contributed by atoms with Crippen molar-refractivity contribution in [1.82, 2.24) is 20.3 Å². The van der Waals surface area contributed by atoms with Gasteiger partial charge >= 0.3 is 0 Å². The highest BCUT2D eigenvalue weighted by Crippen LogP contribution is 2.30. The van der Waals surface area contributed by atoms with E-state index in [4.69, 9.17) is 0 Å². The molecule has 7 heteroatoms. The van der Waals surface area contributed by atoms with E-state index >= 15 is 0 Å². The van der Waals surface area contributed by atoms with Gasteiger partial charge in [-0.2, -0.15) is 15.4 Å². The molecular formula is C17H22N4O2S. The maximum atomic E-state index is 13.0. The van der Waals surface area contributed by atoms with Gasteiger partial charge in [-0.1, -0.05) is 44.2 Å². The second kappa shape index (κ2) is 6.84. The molecule has 24 heavy (non-hydrogen) atoms. The molecule has 1 aromatic heterocycles. The number of H-pyrrole nitrogens is 1. The lowest BCUT2D eigenvalue weighted by Crippen LogP contribution is -2.54. The number of carbonyl (C=O) groups excluding carboxylic acids is 1. The number of amides is 1. The van der Waals surface area contributed by atoms with Crippen LogP contribution in [0.2, 0.25) is 0 Å². The number of rotatable bonds is 4. The van der Waals surface area contributed by atoms with Crippen LogP contribution in [0, 0.1) is 0 Å². The number of aromatic nitrogens is 3. The van der Waals surface area contributed by atoms with Gasteiger partial charge in [0.1, 0.15) is 5.69 Å². The predicted molar refractivity (Wildman–Crippen MR) is 94.0 cm³/mol. The number of nitrogens with one attached hydrogen (secondary N) is 1. The van der Waals surface area contributed by atoms with E-state index in [2.05, 4.69) is 15.4 Å². The third-order valence-corrected chi connectivity index (χ3v) is 7.11. The van der Waals surface area contributed by atoms with Gasteiger partial charge in [0.05, 0.1) is 4.75 Å². The van der Waals surface area contributed by atoms with E-state index in [0.29, 0.717) is 30.2 Å². The topological polar surface area (TPSA) is 79.0 Å². The Balaban J connectivity index is 1.88. The van der Waals surface area contributed by atoms with Crippen LogP contribution in [0.25, 0.3) is 11.3 Å². The van der Waals surface area contributed by atoms with Gasteiger partial charge in [0.2, 0.25) is 0 Å². The number of nitrogens with zero attached hydrogens (tertiary/aromatic N) is 3. The molecule has 1 aliphatic heterocycles. The van der Waals surface area contributed by atoms with Crippen molar-refractivity contribution < 1.29 is 9.00 Å². The molecule has 2 aromatic rings. The van der Waals surface area contributed by atoms with Gasteiger partial charge in [0.15, 0.2) is 5.69 Å². The first-order chi connectivity index (χ1) is 11.6. The summed E-state index contributed by atoms with van der Waals surface area (Å²) in [5.74, 6) is 0.372. The van der Waals surface area contributed by atoms with Gasteiger partial charge in [-0.3, -0.25) is 9.00 Å². The smallest absolute Gasteiger partial charge is 0.276 e. The van der Waals surface area contributed by atoms with Crippen LogP contribution >= 0.6 is 0 Å². The fourth-order valence-electron chi connectivity index (χ4n) is 3.20. The Morgan fingerprint density at radius 3 is 2.62 bits per heavy atom. The Morgan fingerprint density at radius 2 is 1.96 bits per heavy atom. The number of hydrogen-bond acceptors (Lipinski definition) is 4. The summed E-state index contributed by atoms with van der Waals surface area (Å²) < 4.78 is 12.1. The Kier molecular flexibility index (Phi) is 4.80. The molecule has 0 spiro atoms. The quantitative estimate of drug-likeness (QED) is 0.921. The van der Waals surface area contributed by atoms with Crippen molar-refractivity contribution in [2.45, 2.75) is 31.4 Å². The first-order valence-corrected chi connectivity index (χ1v) is 9.57. The summed E-state index contributed by atoms with van der Waals surface area (Å²) in [7, 11) is -0.900. The van der Waals surface area contributed by atoms with E-state index in [1.165, 1.54) is 0 Å². The van der Waals surface area contributed by atoms with Gasteiger partial charge in [-0.25, -0.2) is 0 Å². The van der Waals surface area contributed by atoms with Crippen LogP contribution < -0.4 is 0 Å². The molecule has 0 bridgehead atoms. The summed E-state index contributed by atoms with van der Waals surface area (Å²) in [4.78, 5) is 14.8. The van der Waals surface area contributed by atoms with E-state index in [1.54, 1.807) is 4.90 Å². The van der Waals surface area contributed by atoms with E-state index in [1.807, 2.05) is 44.2 Å². The molecule has 1 saturated heterocycles. The molecule has 0 aliphatic carbocycles. The molecule has 128 valence electrons. The van der Waals surface area contributed by atoms with E-state index in [9.17, 15) is 9.00 Å². The Hall–Kier alpha value is -2.02. The van der Waals surface area contributed by atoms with Crippen LogP contribution in [-0.4, -0.2) is 54.0 Å². The molecule has 3 rings (SSSR count). The molecule has 1 aliphatic rings. The van der Waals surface area contributed by atoms with Gasteiger partial charge in [0, 0.05) is 35.2 Å². The van der Waals surface area contributed by atoms with E-state index in [0.717, 1.165) is 18.4 Å². The standard InChI is InChI=1S/C17H22N4O2S/c1-3-17(4-2)12-21(10-11-24(17)23)16(22)15-14(18-20-19-15)13-8-6-5-7-9-13/h5-9H,3-4,10-12H2,1-2H3,(H,18,19,20)/t24-/m1/s1. The normalized spacial score (nSPS) is 20.1. The van der Waals surface area contributed by atoms with Gasteiger partial charge in [-0.05, 0) is 12.8 Å². The minimum atomic E-state index is -0.900. The first kappa shape index (κ1) is 16.8. The average molecular weight is 346 g/mol. The monoisotopic (exact) mass is 346 g/mol. The average Bonchev–Trinajstić information content (AvgIpc) is 3.12. The van der Waals surface area contributed by atoms with E-state index in [-0.39, 0.29) is 10.7 Å². The molecule has 2 heterocycles. The molecule has 0 saturated carbocycles. The SMILES string of the molecule is CCC1(CC)CN(C(=O)c2n[nH]nc2-c2ccccc2)CC[S@]1=O. The van der Waals surface area contributed by atoms with Crippen LogP contribution in [0.5, 0.6) is 0 Å².